The van der Waals surface area contributed by atoms with Crippen LogP contribution in [-0.2, 0) is 4.79 Å². The van der Waals surface area contributed by atoms with Crippen molar-refractivity contribution in [2.75, 3.05) is 10.6 Å². The molecule has 0 bridgehead atoms. The van der Waals surface area contributed by atoms with E-state index in [1.807, 2.05) is 0 Å². The second-order valence-electron chi connectivity index (χ2n) is 8.86. The topological polar surface area (TPSA) is 120 Å². The lowest BCUT2D eigenvalue weighted by Crippen LogP contribution is -2.18. The van der Waals surface area contributed by atoms with E-state index < -0.39 is 29.9 Å². The SMILES string of the molecule is O=C(Nc1cn2cc(-c3c(Cl)c(F)c(N[C@@H]4CC[C@H](O)C4)c4[nH]ncc34)ncc2n1)C1CC1F. The summed E-state index contributed by atoms with van der Waals surface area (Å²) >= 11 is 6.50. The molecule has 6 rings (SSSR count). The standard InChI is InChI=1S/C22H20ClF2N7O2/c23-18-17(12-5-27-31-20(12)21(19(18)25)28-9-1-2-10(33)3-9)14-7-32-8-15(29-16(32)6-26-14)30-22(34)11-4-13(11)24/h5-11,13,28,33H,1-4H2,(H,27,31)(H,30,34)/t9-,10+,11?,13?/m1/s1. The number of nitrogens with zero attached hydrogens (tertiary/aromatic N) is 4. The zero-order chi connectivity index (χ0) is 23.6. The predicted molar refractivity (Wildman–Crippen MR) is 122 cm³/mol. The smallest absolute Gasteiger partial charge is 0.231 e. The molecule has 9 nitrogen and oxygen atoms in total. The number of aromatic amines is 1. The number of nitrogens with one attached hydrogen (secondary N) is 3. The number of aromatic nitrogens is 5. The minimum absolute atomic E-state index is 0.0738. The number of rotatable bonds is 5. The minimum Gasteiger partial charge on any atom is -0.393 e. The first-order valence-corrected chi connectivity index (χ1v) is 11.4. The van der Waals surface area contributed by atoms with Gasteiger partial charge in [0.15, 0.2) is 17.3 Å². The number of hydrogen-bond acceptors (Lipinski definition) is 6. The number of alkyl halides is 1. The van der Waals surface area contributed by atoms with Gasteiger partial charge in [-0.1, -0.05) is 11.6 Å². The van der Waals surface area contributed by atoms with Gasteiger partial charge in [0.05, 0.1) is 52.5 Å². The van der Waals surface area contributed by atoms with E-state index in [1.54, 1.807) is 23.0 Å². The number of aliphatic hydroxyl groups is 1. The van der Waals surface area contributed by atoms with Crippen molar-refractivity contribution in [3.63, 3.8) is 0 Å². The maximum Gasteiger partial charge on any atom is 0.231 e. The van der Waals surface area contributed by atoms with E-state index in [1.165, 1.54) is 6.20 Å². The number of H-pyrrole nitrogens is 1. The summed E-state index contributed by atoms with van der Waals surface area (Å²) in [4.78, 5) is 20.7. The highest BCUT2D eigenvalue weighted by molar-refractivity contribution is 6.35. The Morgan fingerprint density at radius 2 is 2.09 bits per heavy atom. The summed E-state index contributed by atoms with van der Waals surface area (Å²) < 4.78 is 30.2. The van der Waals surface area contributed by atoms with Crippen molar-refractivity contribution in [2.24, 2.45) is 5.92 Å². The molecule has 0 spiro atoms. The number of amides is 1. The van der Waals surface area contributed by atoms with Crippen molar-refractivity contribution < 1.29 is 18.7 Å². The number of carbonyl (C=O) groups excluding carboxylic acids is 1. The molecule has 0 aliphatic heterocycles. The van der Waals surface area contributed by atoms with Crippen LogP contribution in [0.1, 0.15) is 25.7 Å². The number of anilines is 2. The largest absolute Gasteiger partial charge is 0.393 e. The summed E-state index contributed by atoms with van der Waals surface area (Å²) in [6.45, 7) is 0. The van der Waals surface area contributed by atoms with Crippen LogP contribution in [0.2, 0.25) is 5.02 Å². The lowest BCUT2D eigenvalue weighted by Gasteiger charge is -2.17. The normalized spacial score (nSPS) is 24.1. The van der Waals surface area contributed by atoms with Crippen LogP contribution in [0, 0.1) is 11.7 Å². The van der Waals surface area contributed by atoms with Crippen LogP contribution >= 0.6 is 11.6 Å². The second-order valence-corrected chi connectivity index (χ2v) is 9.23. The Balaban J connectivity index is 1.37. The number of fused-ring (bicyclic) bond motifs is 2. The molecule has 176 valence electrons. The molecule has 4 atom stereocenters. The van der Waals surface area contributed by atoms with E-state index in [9.17, 15) is 14.3 Å². The maximum atomic E-state index is 15.5. The second kappa shape index (κ2) is 7.88. The molecule has 2 unspecified atom stereocenters. The number of hydrogen-bond donors (Lipinski definition) is 4. The van der Waals surface area contributed by atoms with Gasteiger partial charge in [-0.3, -0.25) is 14.9 Å². The van der Waals surface area contributed by atoms with E-state index >= 15 is 4.39 Å². The van der Waals surface area contributed by atoms with Gasteiger partial charge in [0.25, 0.3) is 0 Å². The van der Waals surface area contributed by atoms with Crippen LogP contribution in [0.15, 0.2) is 24.8 Å². The summed E-state index contributed by atoms with van der Waals surface area (Å²) in [7, 11) is 0. The number of aliphatic hydroxyl groups excluding tert-OH is 1. The maximum absolute atomic E-state index is 15.5. The molecular weight excluding hydrogens is 468 g/mol. The molecule has 34 heavy (non-hydrogen) atoms. The first-order chi connectivity index (χ1) is 16.4. The van der Waals surface area contributed by atoms with Gasteiger partial charge in [0.2, 0.25) is 5.91 Å². The van der Waals surface area contributed by atoms with Crippen molar-refractivity contribution in [1.29, 1.82) is 0 Å². The molecule has 12 heteroatoms. The molecule has 2 saturated carbocycles. The van der Waals surface area contributed by atoms with Crippen LogP contribution < -0.4 is 10.6 Å². The lowest BCUT2D eigenvalue weighted by molar-refractivity contribution is -0.117. The lowest BCUT2D eigenvalue weighted by atomic mass is 10.0. The first-order valence-electron chi connectivity index (χ1n) is 11.0. The van der Waals surface area contributed by atoms with Gasteiger partial charge in [0.1, 0.15) is 6.17 Å². The summed E-state index contributed by atoms with van der Waals surface area (Å²) in [5.74, 6) is -1.41. The molecule has 4 N–H and O–H groups in total. The van der Waals surface area contributed by atoms with Gasteiger partial charge in [0, 0.05) is 23.2 Å². The average Bonchev–Trinajstić information content (AvgIpc) is 3.17. The molecule has 3 aromatic heterocycles. The van der Waals surface area contributed by atoms with Gasteiger partial charge >= 0.3 is 0 Å². The van der Waals surface area contributed by atoms with E-state index in [2.05, 4.69) is 30.8 Å². The highest BCUT2D eigenvalue weighted by atomic mass is 35.5. The molecule has 0 radical (unpaired) electrons. The quantitative estimate of drug-likeness (QED) is 0.341. The highest BCUT2D eigenvalue weighted by Crippen LogP contribution is 2.41. The Labute approximate surface area is 196 Å². The summed E-state index contributed by atoms with van der Waals surface area (Å²) in [5, 5.41) is 23.0. The van der Waals surface area contributed by atoms with Crippen molar-refractivity contribution in [3.05, 3.63) is 35.6 Å². The Morgan fingerprint density at radius 3 is 2.82 bits per heavy atom. The summed E-state index contributed by atoms with van der Waals surface area (Å²) in [5.41, 5.74) is 1.85. The van der Waals surface area contributed by atoms with Gasteiger partial charge in [-0.15, -0.1) is 0 Å². The average molecular weight is 488 g/mol. The zero-order valence-corrected chi connectivity index (χ0v) is 18.5. The summed E-state index contributed by atoms with van der Waals surface area (Å²) in [6.07, 6.45) is 6.86. The Bertz CT molecular complexity index is 1440. The molecule has 1 aromatic carbocycles. The van der Waals surface area contributed by atoms with Crippen molar-refractivity contribution in [2.45, 2.75) is 44.0 Å². The Morgan fingerprint density at radius 1 is 1.26 bits per heavy atom. The number of benzene rings is 1. The van der Waals surface area contributed by atoms with Gasteiger partial charge < -0.3 is 20.1 Å². The fourth-order valence-electron chi connectivity index (χ4n) is 4.54. The van der Waals surface area contributed by atoms with E-state index in [4.69, 9.17) is 11.6 Å². The highest BCUT2D eigenvalue weighted by Gasteiger charge is 2.43. The van der Waals surface area contributed by atoms with Crippen LogP contribution in [-0.4, -0.2) is 53.9 Å². The third-order valence-electron chi connectivity index (χ3n) is 6.44. The molecule has 2 fully saturated rings. The van der Waals surface area contributed by atoms with E-state index in [-0.39, 0.29) is 29.0 Å². The van der Waals surface area contributed by atoms with Crippen LogP contribution in [0.25, 0.3) is 27.8 Å². The van der Waals surface area contributed by atoms with Crippen LogP contribution in [0.3, 0.4) is 0 Å². The van der Waals surface area contributed by atoms with E-state index in [0.717, 1.165) is 6.42 Å². The van der Waals surface area contributed by atoms with Crippen LogP contribution in [0.4, 0.5) is 20.3 Å². The fraction of sp³-hybridized carbons (Fsp3) is 0.364. The molecule has 2 aliphatic rings. The molecule has 2 aliphatic carbocycles. The van der Waals surface area contributed by atoms with Crippen molar-refractivity contribution >= 4 is 45.6 Å². The summed E-state index contributed by atoms with van der Waals surface area (Å²) in [6, 6.07) is -0.0738. The molecule has 1 amide bonds. The Hall–Kier alpha value is -3.31. The number of halogens is 3. The van der Waals surface area contributed by atoms with Crippen molar-refractivity contribution in [3.8, 4) is 11.3 Å². The third-order valence-corrected chi connectivity index (χ3v) is 6.80. The Kier molecular flexibility index (Phi) is 4.92. The van der Waals surface area contributed by atoms with Gasteiger partial charge in [-0.2, -0.15) is 5.10 Å². The number of carbonyl (C=O) groups is 1. The fourth-order valence-corrected chi connectivity index (χ4v) is 4.83. The molecule has 4 aromatic rings. The predicted octanol–water partition coefficient (Wildman–Crippen LogP) is 3.69. The van der Waals surface area contributed by atoms with Gasteiger partial charge in [-0.25, -0.2) is 13.8 Å². The zero-order valence-electron chi connectivity index (χ0n) is 17.7. The minimum atomic E-state index is -1.10. The van der Waals surface area contributed by atoms with E-state index in [0.29, 0.717) is 40.6 Å². The van der Waals surface area contributed by atoms with Gasteiger partial charge in [-0.05, 0) is 25.7 Å². The molecular formula is C22H20ClF2N7O2. The molecule has 0 saturated heterocycles. The van der Waals surface area contributed by atoms with Crippen molar-refractivity contribution in [1.82, 2.24) is 24.6 Å². The number of imidazole rings is 1. The van der Waals surface area contributed by atoms with Crippen LogP contribution in [0.5, 0.6) is 0 Å². The third kappa shape index (κ3) is 3.55. The monoisotopic (exact) mass is 487 g/mol. The molecule has 3 heterocycles. The first kappa shape index (κ1) is 21.2.